The van der Waals surface area contributed by atoms with E-state index in [0.29, 0.717) is 18.8 Å². The van der Waals surface area contributed by atoms with Crippen LogP contribution in [-0.2, 0) is 14.6 Å². The molecule has 2 aliphatic heterocycles. The van der Waals surface area contributed by atoms with Crippen LogP contribution in [0.2, 0.25) is 0 Å². The van der Waals surface area contributed by atoms with Crippen LogP contribution in [0.3, 0.4) is 0 Å². The van der Waals surface area contributed by atoms with Gasteiger partial charge in [-0.3, -0.25) is 9.59 Å². The summed E-state index contributed by atoms with van der Waals surface area (Å²) in [6, 6.07) is 0.855. The molecule has 2 fully saturated rings. The number of aryl methyl sites for hydroxylation is 1. The molecular formula is C14H19N3O4S. The highest BCUT2D eigenvalue weighted by molar-refractivity contribution is 7.91. The minimum Gasteiger partial charge on any atom is -0.357 e. The quantitative estimate of drug-likeness (QED) is 0.774. The van der Waals surface area contributed by atoms with E-state index in [2.05, 4.69) is 4.98 Å². The summed E-state index contributed by atoms with van der Waals surface area (Å²) >= 11 is 0. The summed E-state index contributed by atoms with van der Waals surface area (Å²) in [5.41, 5.74) is 1.40. The predicted octanol–water partition coefficient (Wildman–Crippen LogP) is -0.207. The first-order chi connectivity index (χ1) is 10.3. The van der Waals surface area contributed by atoms with Gasteiger partial charge in [0.1, 0.15) is 5.69 Å². The molecule has 1 N–H and O–H groups in total. The molecule has 8 heteroatoms. The van der Waals surface area contributed by atoms with Gasteiger partial charge in [-0.2, -0.15) is 0 Å². The first-order valence-corrected chi connectivity index (χ1v) is 9.04. The fourth-order valence-corrected chi connectivity index (χ4v) is 5.36. The van der Waals surface area contributed by atoms with E-state index in [1.165, 1.54) is 6.92 Å². The van der Waals surface area contributed by atoms with Crippen LogP contribution >= 0.6 is 0 Å². The first-order valence-electron chi connectivity index (χ1n) is 7.22. The summed E-state index contributed by atoms with van der Waals surface area (Å²) in [6.45, 7) is 4.04. The number of hydrogen-bond donors (Lipinski definition) is 1. The molecule has 0 radical (unpaired) electrons. The van der Waals surface area contributed by atoms with E-state index in [1.807, 2.05) is 6.92 Å². The van der Waals surface area contributed by atoms with E-state index >= 15 is 0 Å². The highest BCUT2D eigenvalue weighted by Gasteiger charge is 2.49. The van der Waals surface area contributed by atoms with Crippen molar-refractivity contribution in [3.05, 3.63) is 23.5 Å². The summed E-state index contributed by atoms with van der Waals surface area (Å²) < 4.78 is 24.0. The molecule has 22 heavy (non-hydrogen) atoms. The standard InChI is InChI=1S/C14H19N3O4S/c1-9-5-11(15-6-9)14(19)17-4-3-16(10(2)18)12-7-22(20,21)8-13(12)17/h5-6,12-13,15H,3-4,7-8H2,1-2H3/t12-,13+/m1/s1. The van der Waals surface area contributed by atoms with Crippen molar-refractivity contribution in [3.63, 3.8) is 0 Å². The number of hydrogen-bond acceptors (Lipinski definition) is 4. The van der Waals surface area contributed by atoms with Gasteiger partial charge < -0.3 is 14.8 Å². The van der Waals surface area contributed by atoms with Crippen molar-refractivity contribution < 1.29 is 18.0 Å². The molecule has 0 aliphatic carbocycles. The summed E-state index contributed by atoms with van der Waals surface area (Å²) in [5, 5.41) is 0. The van der Waals surface area contributed by atoms with E-state index in [-0.39, 0.29) is 23.3 Å². The number of rotatable bonds is 1. The number of nitrogens with zero attached hydrogens (tertiary/aromatic N) is 2. The molecule has 3 heterocycles. The average Bonchev–Trinajstić information content (AvgIpc) is 2.98. The summed E-state index contributed by atoms with van der Waals surface area (Å²) in [6.07, 6.45) is 1.74. The van der Waals surface area contributed by atoms with Crippen LogP contribution in [0.25, 0.3) is 0 Å². The lowest BCUT2D eigenvalue weighted by atomic mass is 10.0. The van der Waals surface area contributed by atoms with Crippen molar-refractivity contribution in [2.75, 3.05) is 24.6 Å². The zero-order valence-corrected chi connectivity index (χ0v) is 13.4. The monoisotopic (exact) mass is 325 g/mol. The van der Waals surface area contributed by atoms with Crippen LogP contribution in [0.4, 0.5) is 0 Å². The van der Waals surface area contributed by atoms with Crippen molar-refractivity contribution in [1.82, 2.24) is 14.8 Å². The van der Waals surface area contributed by atoms with E-state index in [9.17, 15) is 18.0 Å². The minimum atomic E-state index is -3.24. The predicted molar refractivity (Wildman–Crippen MR) is 80.2 cm³/mol. The molecule has 7 nitrogen and oxygen atoms in total. The molecule has 0 unspecified atom stereocenters. The lowest BCUT2D eigenvalue weighted by molar-refractivity contribution is -0.133. The molecule has 0 aromatic carbocycles. The third-order valence-electron chi connectivity index (χ3n) is 4.40. The van der Waals surface area contributed by atoms with Crippen LogP contribution in [0, 0.1) is 6.92 Å². The zero-order valence-electron chi connectivity index (χ0n) is 12.6. The van der Waals surface area contributed by atoms with Crippen molar-refractivity contribution in [2.45, 2.75) is 25.9 Å². The number of sulfone groups is 1. The van der Waals surface area contributed by atoms with Crippen molar-refractivity contribution >= 4 is 21.7 Å². The van der Waals surface area contributed by atoms with Crippen molar-refractivity contribution in [1.29, 1.82) is 0 Å². The number of piperazine rings is 1. The number of aromatic amines is 1. The van der Waals surface area contributed by atoms with Crippen molar-refractivity contribution in [2.24, 2.45) is 0 Å². The second-order valence-corrected chi connectivity index (χ2v) is 8.17. The maximum absolute atomic E-state index is 12.6. The number of nitrogens with one attached hydrogen (secondary N) is 1. The Morgan fingerprint density at radius 1 is 1.18 bits per heavy atom. The summed E-state index contributed by atoms with van der Waals surface area (Å²) in [5.74, 6) is -0.490. The van der Waals surface area contributed by atoms with Crippen LogP contribution in [0.1, 0.15) is 23.0 Å². The molecule has 120 valence electrons. The first kappa shape index (κ1) is 15.1. The molecule has 2 amide bonds. The Balaban J connectivity index is 1.91. The fraction of sp³-hybridized carbons (Fsp3) is 0.571. The van der Waals surface area contributed by atoms with Gasteiger partial charge in [0.15, 0.2) is 9.84 Å². The highest BCUT2D eigenvalue weighted by atomic mass is 32.2. The van der Waals surface area contributed by atoms with Crippen LogP contribution in [0.5, 0.6) is 0 Å². The number of aromatic nitrogens is 1. The van der Waals surface area contributed by atoms with Gasteiger partial charge >= 0.3 is 0 Å². The summed E-state index contributed by atoms with van der Waals surface area (Å²) in [7, 11) is -3.24. The molecular weight excluding hydrogens is 306 g/mol. The number of amides is 2. The smallest absolute Gasteiger partial charge is 0.270 e. The van der Waals surface area contributed by atoms with E-state index in [4.69, 9.17) is 0 Å². The molecule has 0 saturated carbocycles. The lowest BCUT2D eigenvalue weighted by Crippen LogP contribution is -2.61. The third-order valence-corrected chi connectivity index (χ3v) is 6.10. The fourth-order valence-electron chi connectivity index (χ4n) is 3.38. The van der Waals surface area contributed by atoms with Crippen molar-refractivity contribution in [3.8, 4) is 0 Å². The van der Waals surface area contributed by atoms with Gasteiger partial charge in [-0.15, -0.1) is 0 Å². The lowest BCUT2D eigenvalue weighted by Gasteiger charge is -2.43. The Kier molecular flexibility index (Phi) is 3.51. The Hall–Kier alpha value is -1.83. The van der Waals surface area contributed by atoms with E-state index in [0.717, 1.165) is 5.56 Å². The van der Waals surface area contributed by atoms with E-state index in [1.54, 1.807) is 22.1 Å². The second kappa shape index (κ2) is 5.12. The molecule has 2 atom stereocenters. The SMILES string of the molecule is CC(=O)N1CCN(C(=O)c2cc(C)c[nH]2)[C@H]2CS(=O)(=O)C[C@H]21. The highest BCUT2D eigenvalue weighted by Crippen LogP contribution is 2.28. The van der Waals surface area contributed by atoms with Crippen LogP contribution < -0.4 is 0 Å². The van der Waals surface area contributed by atoms with E-state index < -0.39 is 21.9 Å². The Bertz CT molecular complexity index is 724. The maximum atomic E-state index is 12.6. The van der Waals surface area contributed by atoms with Gasteiger partial charge in [0.2, 0.25) is 5.91 Å². The third kappa shape index (κ3) is 2.51. The van der Waals surface area contributed by atoms with Crippen LogP contribution in [0.15, 0.2) is 12.3 Å². The largest absolute Gasteiger partial charge is 0.357 e. The molecule has 0 bridgehead atoms. The van der Waals surface area contributed by atoms with Gasteiger partial charge in [-0.05, 0) is 18.6 Å². The molecule has 3 rings (SSSR count). The average molecular weight is 325 g/mol. The second-order valence-electron chi connectivity index (χ2n) is 6.01. The topological polar surface area (TPSA) is 90.6 Å². The molecule has 2 saturated heterocycles. The Morgan fingerprint density at radius 2 is 1.77 bits per heavy atom. The van der Waals surface area contributed by atoms with Gasteiger partial charge in [0, 0.05) is 26.2 Å². The Labute approximate surface area is 129 Å². The zero-order chi connectivity index (χ0) is 16.1. The summed E-state index contributed by atoms with van der Waals surface area (Å²) in [4.78, 5) is 30.5. The van der Waals surface area contributed by atoms with Gasteiger partial charge in [-0.25, -0.2) is 8.42 Å². The number of H-pyrrole nitrogens is 1. The van der Waals surface area contributed by atoms with Gasteiger partial charge in [-0.1, -0.05) is 0 Å². The maximum Gasteiger partial charge on any atom is 0.270 e. The number of carbonyl (C=O) groups is 2. The van der Waals surface area contributed by atoms with Crippen LogP contribution in [-0.4, -0.2) is 71.7 Å². The normalized spacial score (nSPS) is 26.8. The van der Waals surface area contributed by atoms with Gasteiger partial charge in [0.05, 0.1) is 23.6 Å². The minimum absolute atomic E-state index is 0.0647. The van der Waals surface area contributed by atoms with Gasteiger partial charge in [0.25, 0.3) is 5.91 Å². The number of carbonyl (C=O) groups excluding carboxylic acids is 2. The Morgan fingerprint density at radius 3 is 2.32 bits per heavy atom. The number of fused-ring (bicyclic) bond motifs is 1. The molecule has 2 aliphatic rings. The molecule has 1 aromatic heterocycles. The molecule has 1 aromatic rings. The molecule has 0 spiro atoms.